The topological polar surface area (TPSA) is 23.5 Å². The lowest BCUT2D eigenvalue weighted by atomic mass is 9.89. The molecule has 138 valence electrons. The molecule has 0 radical (unpaired) electrons. The molecule has 1 aliphatic rings. The highest BCUT2D eigenvalue weighted by Crippen LogP contribution is 2.24. The fourth-order valence-corrected chi connectivity index (χ4v) is 3.89. The van der Waals surface area contributed by atoms with E-state index in [-0.39, 0.29) is 0 Å². The Morgan fingerprint density at radius 3 is 1.70 bits per heavy atom. The Hall–Kier alpha value is -0.0800. The SMILES string of the molecule is CCCCCCCCCCCCCCN(O)CC1CCCCC1. The molecule has 1 fully saturated rings. The molecule has 0 heterocycles. The molecule has 0 atom stereocenters. The lowest BCUT2D eigenvalue weighted by molar-refractivity contribution is -0.105. The van der Waals surface area contributed by atoms with Crippen LogP contribution >= 0.6 is 0 Å². The second-order valence-corrected chi connectivity index (χ2v) is 7.81. The fourth-order valence-electron chi connectivity index (χ4n) is 3.89. The molecule has 0 aliphatic heterocycles. The summed E-state index contributed by atoms with van der Waals surface area (Å²) in [7, 11) is 0. The van der Waals surface area contributed by atoms with Crippen molar-refractivity contribution in [2.45, 2.75) is 116 Å². The van der Waals surface area contributed by atoms with Gasteiger partial charge in [0, 0.05) is 13.1 Å². The van der Waals surface area contributed by atoms with Crippen LogP contribution in [0.3, 0.4) is 0 Å². The van der Waals surface area contributed by atoms with Gasteiger partial charge in [0.25, 0.3) is 0 Å². The van der Waals surface area contributed by atoms with Crippen LogP contribution in [0.5, 0.6) is 0 Å². The summed E-state index contributed by atoms with van der Waals surface area (Å²) in [5.41, 5.74) is 0. The van der Waals surface area contributed by atoms with Crippen LogP contribution in [0.4, 0.5) is 0 Å². The van der Waals surface area contributed by atoms with Crippen LogP contribution < -0.4 is 0 Å². The molecule has 23 heavy (non-hydrogen) atoms. The zero-order chi connectivity index (χ0) is 16.6. The Kier molecular flexibility index (Phi) is 14.1. The minimum atomic E-state index is 0.756. The molecular formula is C21H43NO. The summed E-state index contributed by atoms with van der Waals surface area (Å²) in [4.78, 5) is 0. The van der Waals surface area contributed by atoms with Gasteiger partial charge >= 0.3 is 0 Å². The molecule has 0 unspecified atom stereocenters. The predicted molar refractivity (Wildman–Crippen MR) is 101 cm³/mol. The summed E-state index contributed by atoms with van der Waals surface area (Å²) in [6, 6.07) is 0. The quantitative estimate of drug-likeness (QED) is 0.260. The molecule has 1 aliphatic carbocycles. The Bertz CT molecular complexity index is 238. The van der Waals surface area contributed by atoms with Crippen LogP contribution in [-0.4, -0.2) is 23.4 Å². The number of hydrogen-bond acceptors (Lipinski definition) is 2. The Morgan fingerprint density at radius 2 is 1.17 bits per heavy atom. The van der Waals surface area contributed by atoms with Gasteiger partial charge < -0.3 is 5.21 Å². The van der Waals surface area contributed by atoms with Crippen LogP contribution in [0.2, 0.25) is 0 Å². The molecule has 0 spiro atoms. The van der Waals surface area contributed by atoms with E-state index in [0.29, 0.717) is 0 Å². The van der Waals surface area contributed by atoms with Gasteiger partial charge in [-0.05, 0) is 25.2 Å². The van der Waals surface area contributed by atoms with Crippen molar-refractivity contribution < 1.29 is 5.21 Å². The standard InChI is InChI=1S/C21H43NO/c1-2-3-4-5-6-7-8-9-10-11-12-16-19-22(23)20-21-17-14-13-15-18-21/h21,23H,2-20H2,1H3. The molecule has 1 N–H and O–H groups in total. The molecule has 0 aromatic carbocycles. The van der Waals surface area contributed by atoms with Crippen molar-refractivity contribution in [3.63, 3.8) is 0 Å². The summed E-state index contributed by atoms with van der Waals surface area (Å²) >= 11 is 0. The first-order valence-electron chi connectivity index (χ1n) is 10.8. The highest BCUT2D eigenvalue weighted by molar-refractivity contribution is 4.67. The van der Waals surface area contributed by atoms with Gasteiger partial charge in [-0.15, -0.1) is 0 Å². The van der Waals surface area contributed by atoms with E-state index >= 15 is 0 Å². The van der Waals surface area contributed by atoms with Gasteiger partial charge in [-0.25, -0.2) is 0 Å². The van der Waals surface area contributed by atoms with Crippen molar-refractivity contribution in [3.05, 3.63) is 0 Å². The van der Waals surface area contributed by atoms with Gasteiger partial charge in [0.15, 0.2) is 0 Å². The van der Waals surface area contributed by atoms with E-state index in [4.69, 9.17) is 0 Å². The van der Waals surface area contributed by atoms with Gasteiger partial charge in [0.2, 0.25) is 0 Å². The van der Waals surface area contributed by atoms with Crippen molar-refractivity contribution >= 4 is 0 Å². The molecule has 2 nitrogen and oxygen atoms in total. The van der Waals surface area contributed by atoms with Crippen LogP contribution in [0.25, 0.3) is 0 Å². The van der Waals surface area contributed by atoms with E-state index in [2.05, 4.69) is 6.92 Å². The molecule has 0 saturated heterocycles. The highest BCUT2D eigenvalue weighted by Gasteiger charge is 2.15. The Morgan fingerprint density at radius 1 is 0.696 bits per heavy atom. The molecule has 0 aromatic heterocycles. The largest absolute Gasteiger partial charge is 0.314 e. The average molecular weight is 326 g/mol. The third kappa shape index (κ3) is 12.9. The van der Waals surface area contributed by atoms with Crippen molar-refractivity contribution in [2.24, 2.45) is 5.92 Å². The van der Waals surface area contributed by atoms with Crippen LogP contribution in [-0.2, 0) is 0 Å². The lowest BCUT2D eigenvalue weighted by Crippen LogP contribution is -2.28. The van der Waals surface area contributed by atoms with E-state index in [1.165, 1.54) is 109 Å². The second-order valence-electron chi connectivity index (χ2n) is 7.81. The molecule has 2 heteroatoms. The maximum absolute atomic E-state index is 10.00. The van der Waals surface area contributed by atoms with Crippen LogP contribution in [0.1, 0.15) is 116 Å². The summed E-state index contributed by atoms with van der Waals surface area (Å²) in [6.45, 7) is 4.08. The van der Waals surface area contributed by atoms with Crippen LogP contribution in [0.15, 0.2) is 0 Å². The summed E-state index contributed by atoms with van der Waals surface area (Å²) in [5.74, 6) is 0.756. The smallest absolute Gasteiger partial charge is 0.0266 e. The monoisotopic (exact) mass is 325 g/mol. The predicted octanol–water partition coefficient (Wildman–Crippen LogP) is 6.96. The van der Waals surface area contributed by atoms with Crippen molar-refractivity contribution in [1.82, 2.24) is 5.06 Å². The van der Waals surface area contributed by atoms with Gasteiger partial charge in [-0.3, -0.25) is 0 Å². The highest BCUT2D eigenvalue weighted by atomic mass is 16.5. The maximum Gasteiger partial charge on any atom is 0.0266 e. The normalized spacial score (nSPS) is 16.3. The third-order valence-corrected chi connectivity index (χ3v) is 5.46. The van der Waals surface area contributed by atoms with E-state index in [1.807, 2.05) is 0 Å². The molecular weight excluding hydrogens is 282 g/mol. The average Bonchev–Trinajstić information content (AvgIpc) is 2.57. The maximum atomic E-state index is 10.00. The summed E-state index contributed by atoms with van der Waals surface area (Å²) in [5, 5.41) is 11.6. The van der Waals surface area contributed by atoms with Crippen LogP contribution in [0, 0.1) is 5.92 Å². The Labute approximate surface area is 146 Å². The minimum absolute atomic E-state index is 0.756. The van der Waals surface area contributed by atoms with E-state index in [1.54, 1.807) is 5.06 Å². The Balaban J connectivity index is 1.77. The summed E-state index contributed by atoms with van der Waals surface area (Å²) in [6.07, 6.45) is 23.4. The zero-order valence-electron chi connectivity index (χ0n) is 15.9. The first kappa shape index (κ1) is 21.0. The molecule has 1 saturated carbocycles. The zero-order valence-corrected chi connectivity index (χ0v) is 15.9. The van der Waals surface area contributed by atoms with E-state index in [9.17, 15) is 5.21 Å². The number of hydroxylamine groups is 2. The van der Waals surface area contributed by atoms with Crippen molar-refractivity contribution in [1.29, 1.82) is 0 Å². The van der Waals surface area contributed by atoms with Gasteiger partial charge in [-0.2, -0.15) is 5.06 Å². The first-order chi connectivity index (χ1) is 11.3. The van der Waals surface area contributed by atoms with E-state index in [0.717, 1.165) is 19.0 Å². The van der Waals surface area contributed by atoms with Crippen molar-refractivity contribution in [3.8, 4) is 0 Å². The van der Waals surface area contributed by atoms with Gasteiger partial charge in [0.05, 0.1) is 0 Å². The molecule has 0 amide bonds. The van der Waals surface area contributed by atoms with E-state index < -0.39 is 0 Å². The number of nitrogens with zero attached hydrogens (tertiary/aromatic N) is 1. The van der Waals surface area contributed by atoms with Gasteiger partial charge in [0.1, 0.15) is 0 Å². The lowest BCUT2D eigenvalue weighted by Gasteiger charge is -2.25. The fraction of sp³-hybridized carbons (Fsp3) is 1.00. The molecule has 0 aromatic rings. The molecule has 0 bridgehead atoms. The number of unbranched alkanes of at least 4 members (excludes halogenated alkanes) is 11. The number of hydrogen-bond donors (Lipinski definition) is 1. The summed E-state index contributed by atoms with van der Waals surface area (Å²) < 4.78 is 0. The second kappa shape index (κ2) is 15.4. The number of rotatable bonds is 15. The molecule has 1 rings (SSSR count). The minimum Gasteiger partial charge on any atom is -0.314 e. The third-order valence-electron chi connectivity index (χ3n) is 5.46. The van der Waals surface area contributed by atoms with Crippen molar-refractivity contribution in [2.75, 3.05) is 13.1 Å². The first-order valence-corrected chi connectivity index (χ1v) is 10.8. The van der Waals surface area contributed by atoms with Gasteiger partial charge in [-0.1, -0.05) is 96.8 Å².